The van der Waals surface area contributed by atoms with Crippen molar-refractivity contribution < 1.29 is 42.5 Å². The molecule has 240 valence electrons. The Hall–Kier alpha value is -2.39. The Morgan fingerprint density at radius 1 is 0.956 bits per heavy atom. The number of aliphatic hydroxyl groups excluding tert-OH is 2. The molecule has 11 unspecified atom stereocenters. The fourth-order valence-electron chi connectivity index (χ4n) is 6.73. The van der Waals surface area contributed by atoms with Crippen LogP contribution in [0.15, 0.2) is 25.3 Å². The van der Waals surface area contributed by atoms with Gasteiger partial charge in [-0.25, -0.2) is 34.5 Å². The zero-order valence-corrected chi connectivity index (χ0v) is 26.3. The minimum atomic E-state index is -4.24. The summed E-state index contributed by atoms with van der Waals surface area (Å²) in [6, 6.07) is -0.657. The lowest BCUT2D eigenvalue weighted by molar-refractivity contribution is -0.0581. The van der Waals surface area contributed by atoms with E-state index in [0.29, 0.717) is 17.6 Å². The maximum atomic E-state index is 13.7. The molecule has 11 atom stereocenters. The molecule has 7 N–H and O–H groups in total. The number of aromatic nitrogens is 8. The Morgan fingerprint density at radius 2 is 1.60 bits per heavy atom. The summed E-state index contributed by atoms with van der Waals surface area (Å²) in [5.74, 6) is -0.0362. The minimum Gasteiger partial charge on any atom is -0.388 e. The van der Waals surface area contributed by atoms with Gasteiger partial charge in [-0.15, -0.1) is 0 Å². The number of hydrogen-bond donors (Lipinski definition) is 6. The molecule has 0 radical (unpaired) electrons. The molecule has 4 aromatic heterocycles. The van der Waals surface area contributed by atoms with E-state index in [1.807, 2.05) is 0 Å². The number of thiol groups is 1. The van der Waals surface area contributed by atoms with Crippen LogP contribution in [-0.4, -0.2) is 97.9 Å². The maximum absolute atomic E-state index is 13.7. The molecule has 19 nitrogen and oxygen atoms in total. The van der Waals surface area contributed by atoms with Gasteiger partial charge < -0.3 is 49.4 Å². The lowest BCUT2D eigenvalue weighted by atomic mass is 10.0. The van der Waals surface area contributed by atoms with Gasteiger partial charge in [0.1, 0.15) is 54.2 Å². The highest BCUT2D eigenvalue weighted by atomic mass is 32.7. The summed E-state index contributed by atoms with van der Waals surface area (Å²) in [4.78, 5) is 36.1. The molecule has 4 fully saturated rings. The molecule has 45 heavy (non-hydrogen) atoms. The number of hydrogen-bond acceptors (Lipinski definition) is 17. The molecule has 2 aliphatic carbocycles. The third-order valence-corrected chi connectivity index (χ3v) is 12.0. The highest BCUT2D eigenvalue weighted by Gasteiger charge is 2.73. The summed E-state index contributed by atoms with van der Waals surface area (Å²) in [6.07, 6.45) is -1.69. The fraction of sp³-hybridized carbons (Fsp3) is 0.545. The van der Waals surface area contributed by atoms with Gasteiger partial charge in [0, 0.05) is 5.41 Å². The zero-order chi connectivity index (χ0) is 31.5. The summed E-state index contributed by atoms with van der Waals surface area (Å²) in [5, 5.41) is 22.8. The molecule has 2 bridgehead atoms. The number of nitrogens with two attached hydrogens (primary N) is 2. The molecule has 2 saturated heterocycles. The quantitative estimate of drug-likeness (QED) is 0.119. The first-order chi connectivity index (χ1) is 21.4. The second kappa shape index (κ2) is 10.3. The summed E-state index contributed by atoms with van der Waals surface area (Å²) in [7, 11) is 0. The Kier molecular flexibility index (Phi) is 6.86. The van der Waals surface area contributed by atoms with Gasteiger partial charge in [0.2, 0.25) is 0 Å². The van der Waals surface area contributed by atoms with Gasteiger partial charge in [0.25, 0.3) is 0 Å². The normalized spacial score (nSPS) is 41.7. The third-order valence-electron chi connectivity index (χ3n) is 8.90. The van der Waals surface area contributed by atoms with Crippen LogP contribution in [0.1, 0.15) is 18.7 Å². The number of nitrogens with zero attached hydrogens (tertiary/aromatic N) is 8. The number of ether oxygens (including phenoxy) is 1. The Labute approximate surface area is 263 Å². The van der Waals surface area contributed by atoms with E-state index in [1.54, 1.807) is 4.57 Å². The zero-order valence-electron chi connectivity index (χ0n) is 22.8. The predicted molar refractivity (Wildman–Crippen MR) is 160 cm³/mol. The summed E-state index contributed by atoms with van der Waals surface area (Å²) in [6.45, 7) is -9.04. The van der Waals surface area contributed by atoms with E-state index < -0.39 is 68.3 Å². The average molecular weight is 701 g/mol. The monoisotopic (exact) mass is 700 g/mol. The van der Waals surface area contributed by atoms with Crippen LogP contribution >= 0.6 is 25.8 Å². The van der Waals surface area contributed by atoms with Crippen LogP contribution in [-0.2, 0) is 39.2 Å². The third kappa shape index (κ3) is 4.72. The predicted octanol–water partition coefficient (Wildman–Crippen LogP) is 0.0827. The van der Waals surface area contributed by atoms with Crippen molar-refractivity contribution in [3.05, 3.63) is 25.3 Å². The molecule has 2 aliphatic heterocycles. The van der Waals surface area contributed by atoms with Crippen molar-refractivity contribution in [3.63, 3.8) is 0 Å². The van der Waals surface area contributed by atoms with Crippen molar-refractivity contribution in [1.29, 1.82) is 0 Å². The van der Waals surface area contributed by atoms with E-state index in [4.69, 9.17) is 46.1 Å². The molecule has 8 rings (SSSR count). The van der Waals surface area contributed by atoms with E-state index in [2.05, 4.69) is 42.2 Å². The molecule has 23 heteroatoms. The van der Waals surface area contributed by atoms with Crippen molar-refractivity contribution in [2.45, 2.75) is 49.2 Å². The first kappa shape index (κ1) is 30.0. The average Bonchev–Trinajstić information content (AvgIpc) is 3.28. The van der Waals surface area contributed by atoms with Crippen molar-refractivity contribution in [2.24, 2.45) is 11.3 Å². The first-order valence-corrected chi connectivity index (χ1v) is 18.9. The molecule has 4 aliphatic rings. The van der Waals surface area contributed by atoms with Crippen LogP contribution in [0.25, 0.3) is 22.3 Å². The molecule has 0 amide bonds. The van der Waals surface area contributed by atoms with E-state index in [-0.39, 0.29) is 35.3 Å². The van der Waals surface area contributed by atoms with Crippen LogP contribution in [0.2, 0.25) is 0 Å². The van der Waals surface area contributed by atoms with E-state index in [1.165, 1.54) is 29.9 Å². The van der Waals surface area contributed by atoms with Gasteiger partial charge in [0.15, 0.2) is 29.2 Å². The van der Waals surface area contributed by atoms with Gasteiger partial charge in [-0.05, 0) is 24.1 Å². The lowest BCUT2D eigenvalue weighted by Crippen LogP contribution is -2.38. The fourth-order valence-corrected chi connectivity index (χ4v) is 9.71. The largest absolute Gasteiger partial charge is 0.388 e. The molecule has 1 spiro atoms. The highest BCUT2D eigenvalue weighted by Crippen LogP contribution is 2.72. The van der Waals surface area contributed by atoms with Crippen molar-refractivity contribution >= 4 is 71.5 Å². The topological polar surface area (TPSA) is 263 Å². The SMILES string of the molecule is Nc1ncnc2c1ncn2C1OC2COP(O)(=S)OC3C(O)C(n4cnc5c(N)ncnc54)C4CC43COP(=O)(S)OC1C2O. The van der Waals surface area contributed by atoms with Gasteiger partial charge in [-0.3, -0.25) is 9.09 Å². The van der Waals surface area contributed by atoms with Crippen LogP contribution in [0.5, 0.6) is 0 Å². The highest BCUT2D eigenvalue weighted by molar-refractivity contribution is 8.44. The lowest BCUT2D eigenvalue weighted by Gasteiger charge is -2.31. The molecule has 6 heterocycles. The second-order valence-electron chi connectivity index (χ2n) is 11.3. The Balaban J connectivity index is 1.14. The van der Waals surface area contributed by atoms with Crippen molar-refractivity contribution in [2.75, 3.05) is 24.7 Å². The second-order valence-corrected chi connectivity index (χ2v) is 17.0. The van der Waals surface area contributed by atoms with Gasteiger partial charge >= 0.3 is 13.5 Å². The number of aliphatic hydroxyl groups is 2. The molecule has 0 aromatic carbocycles. The number of anilines is 2. The Bertz CT molecular complexity index is 1930. The summed E-state index contributed by atoms with van der Waals surface area (Å²) >= 11 is 9.57. The minimum absolute atomic E-state index is 0.113. The van der Waals surface area contributed by atoms with Gasteiger partial charge in [0.05, 0.1) is 31.9 Å². The van der Waals surface area contributed by atoms with E-state index in [9.17, 15) is 19.7 Å². The van der Waals surface area contributed by atoms with E-state index >= 15 is 0 Å². The first-order valence-electron chi connectivity index (χ1n) is 13.6. The van der Waals surface area contributed by atoms with Crippen LogP contribution < -0.4 is 11.5 Å². The van der Waals surface area contributed by atoms with Crippen LogP contribution in [0.4, 0.5) is 11.6 Å². The standard InChI is InChI=1S/C22H26N10O9P2S2/c23-17-10-19(27-4-25-17)31(6-29-10)12-8-1-22(8)3-38-43(36,45)40-15-13(33)9(2-37-42(35,44)41-16(22)14(12)34)39-21(15)32-7-30-11-18(24)26-5-28-20(11)32/h4-9,12-16,21,33-34H,1-3H2,(H,35,44)(H,36,45)(H2,23,25,27)(H2,24,26,28). The van der Waals surface area contributed by atoms with Crippen molar-refractivity contribution in [3.8, 4) is 0 Å². The van der Waals surface area contributed by atoms with Gasteiger partial charge in [-0.2, -0.15) is 0 Å². The smallest absolute Gasteiger partial charge is 0.386 e. The summed E-state index contributed by atoms with van der Waals surface area (Å²) in [5.41, 5.74) is 12.2. The number of rotatable bonds is 2. The van der Waals surface area contributed by atoms with Crippen molar-refractivity contribution in [1.82, 2.24) is 39.0 Å². The molecular formula is C22H26N10O9P2S2. The number of nitrogen functional groups attached to an aromatic ring is 2. The number of fused-ring (bicyclic) bond motifs is 4. The van der Waals surface area contributed by atoms with Crippen LogP contribution in [0.3, 0.4) is 0 Å². The van der Waals surface area contributed by atoms with Gasteiger partial charge in [-0.1, -0.05) is 12.2 Å². The molecule has 4 aromatic rings. The molecular weight excluding hydrogens is 674 g/mol. The Morgan fingerprint density at radius 3 is 2.29 bits per heavy atom. The van der Waals surface area contributed by atoms with E-state index in [0.717, 1.165) is 0 Å². The maximum Gasteiger partial charge on any atom is 0.386 e. The molecule has 2 saturated carbocycles. The number of imidazole rings is 2. The van der Waals surface area contributed by atoms with Crippen LogP contribution in [0, 0.1) is 11.3 Å². The summed E-state index contributed by atoms with van der Waals surface area (Å²) < 4.78 is 46.2.